The van der Waals surface area contributed by atoms with E-state index in [-0.39, 0.29) is 36.4 Å². The van der Waals surface area contributed by atoms with E-state index in [1.54, 1.807) is 6.08 Å². The summed E-state index contributed by atoms with van der Waals surface area (Å²) in [5.41, 5.74) is -2.14. The molecule has 0 saturated heterocycles. The Balaban J connectivity index is 1.83. The fraction of sp³-hybridized carbons (Fsp3) is 0.731. The molecule has 0 bridgehead atoms. The summed E-state index contributed by atoms with van der Waals surface area (Å²) in [5.74, 6) is -1.62. The number of ether oxygens (including phenoxy) is 1. The molecule has 7 heteroatoms. The molecular weight excluding hydrogens is 444 g/mol. The molecule has 3 saturated carbocycles. The molecule has 33 heavy (non-hydrogen) atoms. The summed E-state index contributed by atoms with van der Waals surface area (Å²) in [4.78, 5) is 37.0. The van der Waals surface area contributed by atoms with Crippen LogP contribution in [0, 0.1) is 28.6 Å². The van der Waals surface area contributed by atoms with Crippen LogP contribution in [0.5, 0.6) is 0 Å². The number of carbonyl (C=O) groups excluding carboxylic acids is 3. The Morgan fingerprint density at radius 2 is 1.97 bits per heavy atom. The molecule has 0 aromatic carbocycles. The third-order valence-corrected chi connectivity index (χ3v) is 10.4. The van der Waals surface area contributed by atoms with Gasteiger partial charge in [0.25, 0.3) is 0 Å². The molecule has 4 aliphatic rings. The number of alkyl halides is 1. The molecular formula is C26H35ClO6. The Morgan fingerprint density at radius 3 is 2.61 bits per heavy atom. The van der Waals surface area contributed by atoms with Gasteiger partial charge in [-0.25, -0.2) is 0 Å². The van der Waals surface area contributed by atoms with Gasteiger partial charge in [0.2, 0.25) is 5.78 Å². The van der Waals surface area contributed by atoms with E-state index in [4.69, 9.17) is 16.3 Å². The first-order valence-corrected chi connectivity index (χ1v) is 12.5. The first-order chi connectivity index (χ1) is 15.4. The van der Waals surface area contributed by atoms with Crippen molar-refractivity contribution in [1.82, 2.24) is 0 Å². The molecule has 0 amide bonds. The van der Waals surface area contributed by atoms with E-state index in [0.717, 1.165) is 5.57 Å². The van der Waals surface area contributed by atoms with Gasteiger partial charge < -0.3 is 14.9 Å². The van der Waals surface area contributed by atoms with Gasteiger partial charge in [0.15, 0.2) is 11.4 Å². The fourth-order valence-electron chi connectivity index (χ4n) is 7.95. The van der Waals surface area contributed by atoms with Crippen molar-refractivity contribution in [2.75, 3.05) is 6.61 Å². The maximum absolute atomic E-state index is 13.3. The van der Waals surface area contributed by atoms with Crippen LogP contribution in [0.15, 0.2) is 23.8 Å². The molecule has 4 rings (SSSR count). The van der Waals surface area contributed by atoms with E-state index in [0.29, 0.717) is 25.7 Å². The van der Waals surface area contributed by atoms with E-state index in [1.807, 2.05) is 33.8 Å². The number of Topliss-reactive ketones (excluding diaryl/α,β-unsaturated/α-hetero) is 1. The zero-order valence-corrected chi connectivity index (χ0v) is 20.7. The minimum Gasteiger partial charge on any atom is -0.450 e. The molecule has 0 aliphatic heterocycles. The smallest absolute Gasteiger partial charge is 0.306 e. The summed E-state index contributed by atoms with van der Waals surface area (Å²) >= 11 is 7.43. The first-order valence-electron chi connectivity index (χ1n) is 12.1. The number of aliphatic hydroxyl groups is 2. The Labute approximate surface area is 200 Å². The van der Waals surface area contributed by atoms with Crippen LogP contribution in [-0.2, 0) is 19.1 Å². The van der Waals surface area contributed by atoms with Crippen molar-refractivity contribution in [2.24, 2.45) is 28.6 Å². The van der Waals surface area contributed by atoms with Gasteiger partial charge in [-0.1, -0.05) is 39.3 Å². The third kappa shape index (κ3) is 3.02. The van der Waals surface area contributed by atoms with Crippen LogP contribution in [0.3, 0.4) is 0 Å². The number of aliphatic hydroxyl groups excluding tert-OH is 2. The molecule has 8 atom stereocenters. The number of allylic oxidation sites excluding steroid dienone is 4. The Kier molecular flexibility index (Phi) is 5.99. The zero-order valence-electron chi connectivity index (χ0n) is 19.9. The number of hydrogen-bond acceptors (Lipinski definition) is 6. The highest BCUT2D eigenvalue weighted by molar-refractivity contribution is 6.26. The topological polar surface area (TPSA) is 101 Å². The van der Waals surface area contributed by atoms with Gasteiger partial charge in [-0.3, -0.25) is 14.4 Å². The quantitative estimate of drug-likeness (QED) is 0.463. The summed E-state index contributed by atoms with van der Waals surface area (Å²) in [6, 6.07) is 0. The molecule has 4 aliphatic carbocycles. The number of halogens is 1. The van der Waals surface area contributed by atoms with E-state index >= 15 is 0 Å². The highest BCUT2D eigenvalue weighted by Gasteiger charge is 2.76. The lowest BCUT2D eigenvalue weighted by molar-refractivity contribution is -0.202. The van der Waals surface area contributed by atoms with Crippen LogP contribution in [0.4, 0.5) is 0 Å². The van der Waals surface area contributed by atoms with Gasteiger partial charge in [0.05, 0.1) is 11.0 Å². The Bertz CT molecular complexity index is 941. The standard InChI is InChI=1S/C26H35ClO6/c1-5-6-22(32)33-26(21(31)14-28)15(2)11-19-18-8-7-16-12-17(29)9-10-23(16,3)25(18,27)20(30)13-24(19,26)4/h9-10,12,15,18-20,28,30H,5-8,11,13-14H2,1-4H3/t15-,18-,19-,20-,23-,24-,25-,26-/m0/s1. The normalized spacial score (nSPS) is 46.2. The highest BCUT2D eigenvalue weighted by Crippen LogP contribution is 2.72. The molecule has 182 valence electrons. The Morgan fingerprint density at radius 1 is 1.27 bits per heavy atom. The lowest BCUT2D eigenvalue weighted by Crippen LogP contribution is -2.69. The van der Waals surface area contributed by atoms with Crippen LogP contribution in [0.1, 0.15) is 66.2 Å². The second-order valence-electron chi connectivity index (χ2n) is 10.9. The minimum absolute atomic E-state index is 0.0683. The predicted octanol–water partition coefficient (Wildman–Crippen LogP) is 3.52. The fourth-order valence-corrected chi connectivity index (χ4v) is 8.47. The summed E-state index contributed by atoms with van der Waals surface area (Å²) in [6.07, 6.45) is 6.89. The average Bonchev–Trinajstić information content (AvgIpc) is 2.97. The number of rotatable bonds is 5. The van der Waals surface area contributed by atoms with Crippen molar-refractivity contribution in [3.05, 3.63) is 23.8 Å². The van der Waals surface area contributed by atoms with Crippen LogP contribution in [0.2, 0.25) is 0 Å². The van der Waals surface area contributed by atoms with E-state index < -0.39 is 45.8 Å². The molecule has 0 spiro atoms. The molecule has 2 N–H and O–H groups in total. The van der Waals surface area contributed by atoms with Gasteiger partial charge in [-0.2, -0.15) is 0 Å². The van der Waals surface area contributed by atoms with E-state index in [1.165, 1.54) is 6.08 Å². The van der Waals surface area contributed by atoms with Crippen molar-refractivity contribution in [3.63, 3.8) is 0 Å². The average molecular weight is 479 g/mol. The molecule has 6 nitrogen and oxygen atoms in total. The van der Waals surface area contributed by atoms with Crippen LogP contribution in [-0.4, -0.2) is 50.9 Å². The molecule has 3 fully saturated rings. The van der Waals surface area contributed by atoms with Gasteiger partial charge >= 0.3 is 5.97 Å². The van der Waals surface area contributed by atoms with Crippen LogP contribution in [0.25, 0.3) is 0 Å². The van der Waals surface area contributed by atoms with Crippen molar-refractivity contribution >= 4 is 29.1 Å². The Hall–Kier alpha value is -1.50. The SMILES string of the molecule is CCCC(=O)O[C@]1(C(=O)CO)[C@@H](C)C[C@H]2[C@@H]3CCC4=CC(=O)C=C[C@]4(C)[C@@]3(Cl)[C@@H](O)C[C@@]21C. The lowest BCUT2D eigenvalue weighted by Gasteiger charge is -2.64. The second-order valence-corrected chi connectivity index (χ2v) is 11.6. The van der Waals surface area contributed by atoms with Gasteiger partial charge in [0.1, 0.15) is 6.61 Å². The summed E-state index contributed by atoms with van der Waals surface area (Å²) in [5, 5.41) is 21.6. The molecule has 0 aromatic rings. The molecule has 0 unspecified atom stereocenters. The summed E-state index contributed by atoms with van der Waals surface area (Å²) < 4.78 is 6.01. The van der Waals surface area contributed by atoms with Gasteiger partial charge in [-0.05, 0) is 56.1 Å². The van der Waals surface area contributed by atoms with E-state index in [2.05, 4.69) is 0 Å². The predicted molar refractivity (Wildman–Crippen MR) is 123 cm³/mol. The van der Waals surface area contributed by atoms with Crippen molar-refractivity contribution in [3.8, 4) is 0 Å². The minimum atomic E-state index is -1.51. The zero-order chi connectivity index (χ0) is 24.4. The second kappa shape index (κ2) is 8.03. The first kappa shape index (κ1) is 24.6. The van der Waals surface area contributed by atoms with Crippen molar-refractivity contribution < 1.29 is 29.3 Å². The number of carbonyl (C=O) groups is 3. The van der Waals surface area contributed by atoms with Crippen molar-refractivity contribution in [2.45, 2.75) is 82.8 Å². The van der Waals surface area contributed by atoms with Gasteiger partial charge in [0, 0.05) is 23.2 Å². The van der Waals surface area contributed by atoms with Gasteiger partial charge in [-0.15, -0.1) is 11.6 Å². The maximum atomic E-state index is 13.3. The third-order valence-electron chi connectivity index (χ3n) is 9.47. The van der Waals surface area contributed by atoms with E-state index in [9.17, 15) is 24.6 Å². The number of esters is 1. The summed E-state index contributed by atoms with van der Waals surface area (Å²) in [6.45, 7) is 6.94. The largest absolute Gasteiger partial charge is 0.450 e. The summed E-state index contributed by atoms with van der Waals surface area (Å²) in [7, 11) is 0. The monoisotopic (exact) mass is 478 g/mol. The lowest BCUT2D eigenvalue weighted by atomic mass is 9.45. The molecule has 0 radical (unpaired) electrons. The molecule has 0 aromatic heterocycles. The van der Waals surface area contributed by atoms with Crippen LogP contribution >= 0.6 is 11.6 Å². The number of ketones is 2. The number of fused-ring (bicyclic) bond motifs is 5. The number of hydrogen-bond donors (Lipinski definition) is 2. The highest BCUT2D eigenvalue weighted by atomic mass is 35.5. The van der Waals surface area contributed by atoms with Crippen LogP contribution < -0.4 is 0 Å². The maximum Gasteiger partial charge on any atom is 0.306 e. The molecule has 0 heterocycles. The van der Waals surface area contributed by atoms with Crippen molar-refractivity contribution in [1.29, 1.82) is 0 Å².